The van der Waals surface area contributed by atoms with E-state index in [0.29, 0.717) is 17.7 Å². The van der Waals surface area contributed by atoms with Gasteiger partial charge in [0.2, 0.25) is 0 Å². The smallest absolute Gasteiger partial charge is 0.185 e. The fourth-order valence-electron chi connectivity index (χ4n) is 3.00. The van der Waals surface area contributed by atoms with E-state index < -0.39 is 0 Å². The third-order valence-electron chi connectivity index (χ3n) is 4.71. The minimum absolute atomic E-state index is 0.0111. The number of carbonyl (C=O) groups excluding carboxylic acids is 1. The average Bonchev–Trinajstić information content (AvgIpc) is 2.66. The highest BCUT2D eigenvalue weighted by Gasteiger charge is 2.24. The van der Waals surface area contributed by atoms with Crippen LogP contribution in [0.15, 0.2) is 54.7 Å². The summed E-state index contributed by atoms with van der Waals surface area (Å²) >= 11 is 5.15. The van der Waals surface area contributed by atoms with Crippen LogP contribution in [0.25, 0.3) is 6.08 Å². The fourth-order valence-corrected chi connectivity index (χ4v) is 3.15. The second-order valence-corrected chi connectivity index (χ2v) is 9.03. The lowest BCUT2D eigenvalue weighted by Gasteiger charge is -2.27. The van der Waals surface area contributed by atoms with Gasteiger partial charge in [0.25, 0.3) is 0 Å². The maximum atomic E-state index is 12.6. The molecule has 0 bridgehead atoms. The Morgan fingerprint density at radius 2 is 1.73 bits per heavy atom. The van der Waals surface area contributed by atoms with E-state index in [2.05, 4.69) is 20.4 Å². The number of ketones is 1. The molecule has 0 radical (unpaired) electrons. The zero-order chi connectivity index (χ0) is 22.5. The molecule has 0 atom stereocenters. The quantitative estimate of drug-likeness (QED) is 0.255. The molecule has 30 heavy (non-hydrogen) atoms. The molecule has 0 saturated carbocycles. The van der Waals surface area contributed by atoms with E-state index in [4.69, 9.17) is 21.7 Å². The van der Waals surface area contributed by atoms with Crippen LogP contribution in [0, 0.1) is 0 Å². The Bertz CT molecular complexity index is 914. The zero-order valence-corrected chi connectivity index (χ0v) is 19.6. The molecule has 4 heteroatoms. The Balaban J connectivity index is 2.51. The van der Waals surface area contributed by atoms with Gasteiger partial charge in [-0.05, 0) is 52.0 Å². The molecule has 0 aromatic heterocycles. The van der Waals surface area contributed by atoms with Crippen molar-refractivity contribution in [3.05, 3.63) is 65.8 Å². The topological polar surface area (TPSA) is 35.5 Å². The molecule has 2 rings (SSSR count). The fraction of sp³-hybridized carbons (Fsp3) is 0.385. The summed E-state index contributed by atoms with van der Waals surface area (Å²) in [4.78, 5) is 13.5. The third kappa shape index (κ3) is 6.27. The van der Waals surface area contributed by atoms with Crippen molar-refractivity contribution in [2.45, 2.75) is 65.6 Å². The Hall–Kier alpha value is -2.46. The molecular weight excluding hydrogens is 392 g/mol. The highest BCUT2D eigenvalue weighted by atomic mass is 32.1. The average molecular weight is 425 g/mol. The molecule has 160 valence electrons. The Morgan fingerprint density at radius 3 is 2.27 bits per heavy atom. The summed E-state index contributed by atoms with van der Waals surface area (Å²) < 4.78 is 12.1. The first-order valence-corrected chi connectivity index (χ1v) is 10.7. The summed E-state index contributed by atoms with van der Waals surface area (Å²) in [5, 5.41) is 0. The number of hydrogen-bond donors (Lipinski definition) is 0. The zero-order valence-electron chi connectivity index (χ0n) is 18.8. The summed E-state index contributed by atoms with van der Waals surface area (Å²) in [7, 11) is 0. The predicted molar refractivity (Wildman–Crippen MR) is 130 cm³/mol. The lowest BCUT2D eigenvalue weighted by Crippen LogP contribution is -2.18. The van der Waals surface area contributed by atoms with Gasteiger partial charge in [-0.3, -0.25) is 4.79 Å². The van der Waals surface area contributed by atoms with Gasteiger partial charge in [-0.2, -0.15) is 0 Å². The Labute approximate surface area is 186 Å². The highest BCUT2D eigenvalue weighted by molar-refractivity contribution is 7.80. The molecule has 0 amide bonds. The van der Waals surface area contributed by atoms with E-state index in [1.54, 1.807) is 12.2 Å². The number of allylic oxidation sites excluding steroid dienone is 6. The van der Waals surface area contributed by atoms with Gasteiger partial charge >= 0.3 is 0 Å². The Morgan fingerprint density at radius 1 is 1.10 bits per heavy atom. The van der Waals surface area contributed by atoms with Gasteiger partial charge in [0.15, 0.2) is 5.78 Å². The van der Waals surface area contributed by atoms with Crippen LogP contribution in [0.3, 0.4) is 0 Å². The van der Waals surface area contributed by atoms with Crippen LogP contribution >= 0.6 is 12.2 Å². The SMILES string of the molecule is C=CC(C)(C)c1cc(C=CC(=O)C2=CCC(=S)C=C2)c(OC(C)C)cc1OC(C)C. The minimum atomic E-state index is -0.308. The van der Waals surface area contributed by atoms with Gasteiger partial charge in [-0.25, -0.2) is 0 Å². The molecular formula is C26H32O3S. The number of ether oxygens (including phenoxy) is 2. The van der Waals surface area contributed by atoms with Gasteiger partial charge in [0.05, 0.1) is 12.2 Å². The summed E-state index contributed by atoms with van der Waals surface area (Å²) in [6.07, 6.45) is 11.4. The standard InChI is InChI=1S/C26H32O3S/c1-8-26(6,7)22-15-20(11-14-23(27)19-9-12-21(30)13-10-19)24(28-17(2)3)16-25(22)29-18(4)5/h8-12,14-18H,1,13H2,2-7H3. The number of rotatable bonds is 9. The van der Waals surface area contributed by atoms with Crippen LogP contribution in [0.2, 0.25) is 0 Å². The molecule has 0 N–H and O–H groups in total. The van der Waals surface area contributed by atoms with Gasteiger partial charge in [0, 0.05) is 39.5 Å². The maximum absolute atomic E-state index is 12.6. The summed E-state index contributed by atoms with van der Waals surface area (Å²) in [5.74, 6) is 1.39. The van der Waals surface area contributed by atoms with Crippen molar-refractivity contribution in [1.82, 2.24) is 0 Å². The predicted octanol–water partition coefficient (Wildman–Crippen LogP) is 6.56. The lowest BCUT2D eigenvalue weighted by molar-refractivity contribution is -0.111. The van der Waals surface area contributed by atoms with E-state index in [1.165, 1.54) is 0 Å². The van der Waals surface area contributed by atoms with Gasteiger partial charge < -0.3 is 9.47 Å². The molecule has 3 nitrogen and oxygen atoms in total. The van der Waals surface area contributed by atoms with Crippen LogP contribution in [-0.4, -0.2) is 22.9 Å². The molecule has 1 aliphatic carbocycles. The van der Waals surface area contributed by atoms with Crippen LogP contribution < -0.4 is 9.47 Å². The number of hydrogen-bond acceptors (Lipinski definition) is 4. The molecule has 0 saturated heterocycles. The molecule has 0 heterocycles. The van der Waals surface area contributed by atoms with Gasteiger partial charge in [0.1, 0.15) is 11.5 Å². The normalized spacial score (nSPS) is 14.4. The second kappa shape index (κ2) is 10.0. The van der Waals surface area contributed by atoms with E-state index in [-0.39, 0.29) is 23.4 Å². The second-order valence-electron chi connectivity index (χ2n) is 8.51. The van der Waals surface area contributed by atoms with Crippen molar-refractivity contribution < 1.29 is 14.3 Å². The molecule has 0 aliphatic heterocycles. The van der Waals surface area contributed by atoms with Crippen molar-refractivity contribution in [1.29, 1.82) is 0 Å². The maximum Gasteiger partial charge on any atom is 0.185 e. The lowest BCUT2D eigenvalue weighted by atomic mass is 9.83. The Kier molecular flexibility index (Phi) is 7.96. The molecule has 1 aromatic rings. The van der Waals surface area contributed by atoms with Crippen molar-refractivity contribution >= 4 is 28.9 Å². The number of carbonyl (C=O) groups is 1. The van der Waals surface area contributed by atoms with Crippen molar-refractivity contribution in [3.8, 4) is 11.5 Å². The van der Waals surface area contributed by atoms with Crippen LogP contribution in [0.4, 0.5) is 0 Å². The minimum Gasteiger partial charge on any atom is -0.491 e. The number of benzene rings is 1. The van der Waals surface area contributed by atoms with E-state index in [1.807, 2.05) is 64.1 Å². The van der Waals surface area contributed by atoms with E-state index in [9.17, 15) is 4.79 Å². The monoisotopic (exact) mass is 424 g/mol. The van der Waals surface area contributed by atoms with Crippen molar-refractivity contribution in [2.75, 3.05) is 0 Å². The first kappa shape index (κ1) is 23.8. The molecule has 0 spiro atoms. The van der Waals surface area contributed by atoms with Gasteiger partial charge in [-0.15, -0.1) is 6.58 Å². The molecule has 1 aromatic carbocycles. The van der Waals surface area contributed by atoms with Crippen LogP contribution in [0.1, 0.15) is 59.1 Å². The third-order valence-corrected chi connectivity index (χ3v) is 5.02. The van der Waals surface area contributed by atoms with E-state index >= 15 is 0 Å². The van der Waals surface area contributed by atoms with Crippen LogP contribution in [0.5, 0.6) is 11.5 Å². The van der Waals surface area contributed by atoms with Crippen molar-refractivity contribution in [3.63, 3.8) is 0 Å². The van der Waals surface area contributed by atoms with Gasteiger partial charge in [-0.1, -0.05) is 44.3 Å². The molecule has 0 unspecified atom stereocenters. The molecule has 0 fully saturated rings. The van der Waals surface area contributed by atoms with Crippen molar-refractivity contribution in [2.24, 2.45) is 0 Å². The summed E-state index contributed by atoms with van der Waals surface area (Å²) in [6, 6.07) is 3.95. The summed E-state index contributed by atoms with van der Waals surface area (Å²) in [5.41, 5.74) is 2.17. The summed E-state index contributed by atoms with van der Waals surface area (Å²) in [6.45, 7) is 16.1. The highest BCUT2D eigenvalue weighted by Crippen LogP contribution is 2.39. The van der Waals surface area contributed by atoms with Crippen LogP contribution in [-0.2, 0) is 10.2 Å². The number of thiocarbonyl (C=S) groups is 1. The molecule has 1 aliphatic rings. The van der Waals surface area contributed by atoms with E-state index in [0.717, 1.165) is 21.7 Å². The largest absolute Gasteiger partial charge is 0.491 e. The first-order chi connectivity index (χ1) is 14.0. The first-order valence-electron chi connectivity index (χ1n) is 10.3.